The van der Waals surface area contributed by atoms with E-state index in [1.807, 2.05) is 12.1 Å². The third kappa shape index (κ3) is 2.73. The highest BCUT2D eigenvalue weighted by atomic mass is 16.5. The van der Waals surface area contributed by atoms with Crippen LogP contribution in [-0.2, 0) is 17.6 Å². The molecule has 1 aliphatic carbocycles. The van der Waals surface area contributed by atoms with Gasteiger partial charge in [-0.25, -0.2) is 4.68 Å². The molecule has 0 saturated carbocycles. The van der Waals surface area contributed by atoms with Crippen molar-refractivity contribution in [2.24, 2.45) is 0 Å². The lowest BCUT2D eigenvalue weighted by Crippen LogP contribution is -2.27. The molecular formula is C13H14N4O2. The molecule has 1 aromatic heterocycles. The molecule has 98 valence electrons. The van der Waals surface area contributed by atoms with E-state index < -0.39 is 0 Å². The van der Waals surface area contributed by atoms with Crippen LogP contribution in [0.3, 0.4) is 0 Å². The van der Waals surface area contributed by atoms with Crippen molar-refractivity contribution in [1.82, 2.24) is 14.9 Å². The summed E-state index contributed by atoms with van der Waals surface area (Å²) >= 11 is 0. The van der Waals surface area contributed by atoms with E-state index in [1.165, 1.54) is 34.9 Å². The molecule has 1 heterocycles. The van der Waals surface area contributed by atoms with Crippen LogP contribution in [0, 0.1) is 0 Å². The second-order valence-electron chi connectivity index (χ2n) is 4.48. The van der Waals surface area contributed by atoms with Crippen molar-refractivity contribution < 1.29 is 9.53 Å². The van der Waals surface area contributed by atoms with Crippen molar-refractivity contribution >= 4 is 5.91 Å². The zero-order chi connectivity index (χ0) is 13.1. The van der Waals surface area contributed by atoms with Gasteiger partial charge in [-0.15, -0.1) is 10.2 Å². The monoisotopic (exact) mass is 258 g/mol. The minimum absolute atomic E-state index is 0.0308. The highest BCUT2D eigenvalue weighted by Crippen LogP contribution is 2.25. The number of aromatic nitrogens is 3. The molecule has 6 nitrogen and oxygen atoms in total. The second kappa shape index (κ2) is 5.09. The molecule has 1 amide bonds. The molecule has 19 heavy (non-hydrogen) atoms. The standard InChI is InChI=1S/C13H14N4O2/c18-13(16-17-8-14-15-9-17)7-19-12-5-4-10-2-1-3-11(10)6-12/h4-6,8-9H,1-3,7H2,(H,16,18). The largest absolute Gasteiger partial charge is 0.484 e. The lowest BCUT2D eigenvalue weighted by molar-refractivity contribution is -0.119. The first-order chi connectivity index (χ1) is 9.31. The van der Waals surface area contributed by atoms with Crippen LogP contribution in [0.4, 0.5) is 0 Å². The topological polar surface area (TPSA) is 69.0 Å². The number of rotatable bonds is 4. The number of hydrogen-bond donors (Lipinski definition) is 1. The Morgan fingerprint density at radius 3 is 2.89 bits per heavy atom. The SMILES string of the molecule is O=C(COc1ccc2c(c1)CCC2)Nn1cnnc1. The fourth-order valence-electron chi connectivity index (χ4n) is 2.22. The summed E-state index contributed by atoms with van der Waals surface area (Å²) in [5, 5.41) is 7.18. The number of ether oxygens (including phenoxy) is 1. The van der Waals surface area contributed by atoms with Crippen LogP contribution < -0.4 is 10.2 Å². The Morgan fingerprint density at radius 1 is 1.26 bits per heavy atom. The maximum Gasteiger partial charge on any atom is 0.276 e. The number of carbonyl (C=O) groups is 1. The molecule has 1 N–H and O–H groups in total. The third-order valence-corrected chi connectivity index (χ3v) is 3.11. The fourth-order valence-corrected chi connectivity index (χ4v) is 2.22. The van der Waals surface area contributed by atoms with Crippen LogP contribution >= 0.6 is 0 Å². The molecule has 0 spiro atoms. The molecule has 3 rings (SSSR count). The molecule has 0 fully saturated rings. The van der Waals surface area contributed by atoms with Crippen LogP contribution in [-0.4, -0.2) is 27.4 Å². The summed E-state index contributed by atoms with van der Waals surface area (Å²) in [5.74, 6) is 0.486. The molecule has 6 heteroatoms. The molecule has 0 radical (unpaired) electrons. The quantitative estimate of drug-likeness (QED) is 0.885. The maximum atomic E-state index is 11.6. The normalized spacial score (nSPS) is 13.1. The van der Waals surface area contributed by atoms with Gasteiger partial charge in [0.05, 0.1) is 0 Å². The Balaban J connectivity index is 1.56. The molecule has 0 saturated heterocycles. The summed E-state index contributed by atoms with van der Waals surface area (Å²) in [5.41, 5.74) is 5.29. The Labute approximate surface area is 110 Å². The lowest BCUT2D eigenvalue weighted by atomic mass is 10.1. The van der Waals surface area contributed by atoms with Crippen LogP contribution in [0.2, 0.25) is 0 Å². The van der Waals surface area contributed by atoms with Gasteiger partial charge in [0.2, 0.25) is 0 Å². The number of fused-ring (bicyclic) bond motifs is 1. The number of nitrogens with zero attached hydrogens (tertiary/aromatic N) is 3. The van der Waals surface area contributed by atoms with Gasteiger partial charge in [-0.3, -0.25) is 10.2 Å². The number of aryl methyl sites for hydroxylation is 2. The van der Waals surface area contributed by atoms with E-state index in [0.717, 1.165) is 18.6 Å². The number of amides is 1. The van der Waals surface area contributed by atoms with E-state index in [2.05, 4.69) is 21.7 Å². The number of carbonyl (C=O) groups excluding carboxylic acids is 1. The van der Waals surface area contributed by atoms with E-state index in [9.17, 15) is 4.79 Å². The van der Waals surface area contributed by atoms with E-state index >= 15 is 0 Å². The van der Waals surface area contributed by atoms with Gasteiger partial charge in [0, 0.05) is 0 Å². The minimum atomic E-state index is -0.250. The molecule has 0 atom stereocenters. The Hall–Kier alpha value is -2.37. The predicted octanol–water partition coefficient (Wildman–Crippen LogP) is 0.916. The van der Waals surface area contributed by atoms with Gasteiger partial charge < -0.3 is 4.74 Å². The van der Waals surface area contributed by atoms with Crippen LogP contribution in [0.1, 0.15) is 17.5 Å². The number of hydrogen-bond acceptors (Lipinski definition) is 4. The smallest absolute Gasteiger partial charge is 0.276 e. The van der Waals surface area contributed by atoms with Crippen molar-refractivity contribution in [2.45, 2.75) is 19.3 Å². The third-order valence-electron chi connectivity index (χ3n) is 3.11. The van der Waals surface area contributed by atoms with E-state index in [0.29, 0.717) is 0 Å². The first-order valence-corrected chi connectivity index (χ1v) is 6.20. The molecular weight excluding hydrogens is 244 g/mol. The zero-order valence-corrected chi connectivity index (χ0v) is 10.4. The molecule has 1 aromatic carbocycles. The van der Waals surface area contributed by atoms with Gasteiger partial charge in [-0.2, -0.15) is 0 Å². The molecule has 0 unspecified atom stereocenters. The first-order valence-electron chi connectivity index (χ1n) is 6.20. The summed E-state index contributed by atoms with van der Waals surface area (Å²) in [4.78, 5) is 11.6. The minimum Gasteiger partial charge on any atom is -0.484 e. The van der Waals surface area contributed by atoms with Gasteiger partial charge in [0.1, 0.15) is 18.4 Å². The van der Waals surface area contributed by atoms with Crippen LogP contribution in [0.15, 0.2) is 30.9 Å². The van der Waals surface area contributed by atoms with E-state index in [1.54, 1.807) is 0 Å². The van der Waals surface area contributed by atoms with Gasteiger partial charge >= 0.3 is 0 Å². The Morgan fingerprint density at radius 2 is 2.05 bits per heavy atom. The van der Waals surface area contributed by atoms with Gasteiger partial charge in [0.15, 0.2) is 6.61 Å². The summed E-state index contributed by atoms with van der Waals surface area (Å²) in [7, 11) is 0. The molecule has 1 aliphatic rings. The van der Waals surface area contributed by atoms with Gasteiger partial charge in [-0.05, 0) is 42.5 Å². The number of benzene rings is 1. The van der Waals surface area contributed by atoms with Crippen LogP contribution in [0.25, 0.3) is 0 Å². The maximum absolute atomic E-state index is 11.6. The van der Waals surface area contributed by atoms with Crippen molar-refractivity contribution in [3.63, 3.8) is 0 Å². The molecule has 0 aliphatic heterocycles. The highest BCUT2D eigenvalue weighted by molar-refractivity contribution is 5.84. The van der Waals surface area contributed by atoms with Gasteiger partial charge in [-0.1, -0.05) is 6.07 Å². The second-order valence-corrected chi connectivity index (χ2v) is 4.48. The molecule has 2 aromatic rings. The summed E-state index contributed by atoms with van der Waals surface area (Å²) in [6, 6.07) is 6.01. The van der Waals surface area contributed by atoms with Crippen LogP contribution in [0.5, 0.6) is 5.75 Å². The van der Waals surface area contributed by atoms with E-state index in [4.69, 9.17) is 4.74 Å². The van der Waals surface area contributed by atoms with E-state index in [-0.39, 0.29) is 12.5 Å². The summed E-state index contributed by atoms with van der Waals surface area (Å²) in [6.45, 7) is -0.0308. The van der Waals surface area contributed by atoms with Gasteiger partial charge in [0.25, 0.3) is 5.91 Å². The predicted molar refractivity (Wildman–Crippen MR) is 68.4 cm³/mol. The summed E-state index contributed by atoms with van der Waals surface area (Å²) in [6.07, 6.45) is 6.26. The average Bonchev–Trinajstić information content (AvgIpc) is 3.06. The zero-order valence-electron chi connectivity index (χ0n) is 10.4. The molecule has 0 bridgehead atoms. The number of nitrogens with one attached hydrogen (secondary N) is 1. The highest BCUT2D eigenvalue weighted by Gasteiger charge is 2.11. The Bertz CT molecular complexity index is 580. The average molecular weight is 258 g/mol. The first kappa shape index (κ1) is 11.7. The Kier molecular flexibility index (Phi) is 3.14. The fraction of sp³-hybridized carbons (Fsp3) is 0.308. The summed E-state index contributed by atoms with van der Waals surface area (Å²) < 4.78 is 6.86. The van der Waals surface area contributed by atoms with Crippen molar-refractivity contribution in [1.29, 1.82) is 0 Å². The lowest BCUT2D eigenvalue weighted by Gasteiger charge is -2.08. The van der Waals surface area contributed by atoms with Crippen molar-refractivity contribution in [3.8, 4) is 5.75 Å². The van der Waals surface area contributed by atoms with Crippen molar-refractivity contribution in [3.05, 3.63) is 42.0 Å². The van der Waals surface area contributed by atoms with Crippen molar-refractivity contribution in [2.75, 3.05) is 12.0 Å².